The molecule has 2 aromatic carbocycles. The van der Waals surface area contributed by atoms with E-state index in [1.807, 2.05) is 6.07 Å². The summed E-state index contributed by atoms with van der Waals surface area (Å²) in [5.41, 5.74) is 3.44. The first-order valence-electron chi connectivity index (χ1n) is 7.37. The normalized spacial score (nSPS) is 11.1. The molecule has 2 nitrogen and oxygen atoms in total. The van der Waals surface area contributed by atoms with E-state index in [0.717, 1.165) is 30.5 Å². The lowest BCUT2D eigenvalue weighted by molar-refractivity contribution is 0.795. The molecule has 0 aliphatic heterocycles. The second-order valence-electron chi connectivity index (χ2n) is 5.10. The van der Waals surface area contributed by atoms with Gasteiger partial charge in [0.1, 0.15) is 0 Å². The largest absolute Gasteiger partial charge is 0.371 e. The van der Waals surface area contributed by atoms with Gasteiger partial charge in [0.2, 0.25) is 0 Å². The first kappa shape index (κ1) is 12.9. The highest BCUT2D eigenvalue weighted by Crippen LogP contribution is 2.28. The topological polar surface area (TPSA) is 16.1 Å². The van der Waals surface area contributed by atoms with Crippen molar-refractivity contribution in [3.63, 3.8) is 0 Å². The minimum Gasteiger partial charge on any atom is -0.371 e. The average Bonchev–Trinajstić information content (AvgIpc) is 2.50. The van der Waals surface area contributed by atoms with Crippen molar-refractivity contribution >= 4 is 27.5 Å². The van der Waals surface area contributed by atoms with Crippen LogP contribution in [0.4, 0.5) is 5.69 Å². The van der Waals surface area contributed by atoms with Gasteiger partial charge in [-0.1, -0.05) is 31.2 Å². The smallest absolute Gasteiger partial charge is 0.0730 e. The van der Waals surface area contributed by atoms with Gasteiger partial charge in [0, 0.05) is 29.5 Å². The van der Waals surface area contributed by atoms with Gasteiger partial charge in [-0.3, -0.25) is 0 Å². The summed E-state index contributed by atoms with van der Waals surface area (Å²) in [6.07, 6.45) is 1.16. The molecule has 3 aromatic rings. The van der Waals surface area contributed by atoms with Crippen molar-refractivity contribution in [3.8, 4) is 0 Å². The van der Waals surface area contributed by atoms with E-state index in [4.69, 9.17) is 4.98 Å². The third kappa shape index (κ3) is 2.22. The lowest BCUT2D eigenvalue weighted by atomic mass is 10.1. The summed E-state index contributed by atoms with van der Waals surface area (Å²) >= 11 is 0. The Hall–Kier alpha value is -2.09. The van der Waals surface area contributed by atoms with Crippen LogP contribution >= 0.6 is 0 Å². The number of fused-ring (bicyclic) bond motifs is 2. The van der Waals surface area contributed by atoms with E-state index in [-0.39, 0.29) is 0 Å². The van der Waals surface area contributed by atoms with Crippen LogP contribution in [0.25, 0.3) is 21.8 Å². The molecule has 0 radical (unpaired) electrons. The predicted octanol–water partition coefficient (Wildman–Crippen LogP) is 4.62. The number of rotatable bonds is 4. The molecule has 0 aliphatic rings. The summed E-state index contributed by atoms with van der Waals surface area (Å²) in [5.74, 6) is 0. The van der Waals surface area contributed by atoms with Crippen LogP contribution in [-0.4, -0.2) is 18.1 Å². The van der Waals surface area contributed by atoms with E-state index < -0.39 is 0 Å². The molecule has 102 valence electrons. The summed E-state index contributed by atoms with van der Waals surface area (Å²) in [5, 5.41) is 2.46. The molecular formula is C18H20N2. The number of nitrogens with zero attached hydrogens (tertiary/aromatic N) is 2. The van der Waals surface area contributed by atoms with Crippen molar-refractivity contribution in [2.45, 2.75) is 20.3 Å². The standard InChI is InChI=1S/C18H20N2/c1-3-12-20(4-2)18-11-7-10-17-15(18)13-14-8-5-6-9-16(14)19-17/h5-11,13H,3-4,12H2,1-2H3. The lowest BCUT2D eigenvalue weighted by Gasteiger charge is -2.24. The van der Waals surface area contributed by atoms with Crippen LogP contribution in [0.1, 0.15) is 20.3 Å². The predicted molar refractivity (Wildman–Crippen MR) is 87.4 cm³/mol. The Labute approximate surface area is 120 Å². The number of hydrogen-bond acceptors (Lipinski definition) is 2. The molecule has 0 unspecified atom stereocenters. The Morgan fingerprint density at radius 1 is 0.950 bits per heavy atom. The minimum absolute atomic E-state index is 1.03. The fourth-order valence-corrected chi connectivity index (χ4v) is 2.78. The van der Waals surface area contributed by atoms with E-state index in [2.05, 4.69) is 61.2 Å². The van der Waals surface area contributed by atoms with Crippen molar-refractivity contribution in [1.29, 1.82) is 0 Å². The van der Waals surface area contributed by atoms with Gasteiger partial charge in [0.15, 0.2) is 0 Å². The maximum Gasteiger partial charge on any atom is 0.0730 e. The van der Waals surface area contributed by atoms with Crippen LogP contribution in [0.2, 0.25) is 0 Å². The molecule has 20 heavy (non-hydrogen) atoms. The summed E-state index contributed by atoms with van der Waals surface area (Å²) in [7, 11) is 0. The SMILES string of the molecule is CCCN(CC)c1cccc2nc3ccccc3cc12. The number of aromatic nitrogens is 1. The number of para-hydroxylation sites is 1. The molecule has 0 N–H and O–H groups in total. The van der Waals surface area contributed by atoms with Gasteiger partial charge in [-0.05, 0) is 37.6 Å². The Bertz CT molecular complexity index is 734. The fourth-order valence-electron chi connectivity index (χ4n) is 2.78. The van der Waals surface area contributed by atoms with Crippen molar-refractivity contribution in [2.75, 3.05) is 18.0 Å². The number of pyridine rings is 1. The van der Waals surface area contributed by atoms with Crippen molar-refractivity contribution in [1.82, 2.24) is 4.98 Å². The Balaban J connectivity index is 2.24. The molecule has 0 saturated carbocycles. The molecule has 0 saturated heterocycles. The third-order valence-electron chi connectivity index (χ3n) is 3.75. The molecule has 0 fully saturated rings. The van der Waals surface area contributed by atoms with E-state index in [1.165, 1.54) is 16.5 Å². The highest BCUT2D eigenvalue weighted by Gasteiger charge is 2.09. The molecule has 0 atom stereocenters. The number of benzene rings is 2. The fraction of sp³-hybridized carbons (Fsp3) is 0.278. The second-order valence-corrected chi connectivity index (χ2v) is 5.10. The molecule has 3 rings (SSSR count). The quantitative estimate of drug-likeness (QED) is 0.639. The zero-order chi connectivity index (χ0) is 13.9. The average molecular weight is 264 g/mol. The molecule has 0 bridgehead atoms. The van der Waals surface area contributed by atoms with E-state index in [1.54, 1.807) is 0 Å². The number of anilines is 1. The van der Waals surface area contributed by atoms with Gasteiger partial charge >= 0.3 is 0 Å². The maximum atomic E-state index is 4.79. The Morgan fingerprint density at radius 3 is 2.55 bits per heavy atom. The zero-order valence-corrected chi connectivity index (χ0v) is 12.1. The highest BCUT2D eigenvalue weighted by molar-refractivity contribution is 5.99. The van der Waals surface area contributed by atoms with Crippen LogP contribution in [-0.2, 0) is 0 Å². The van der Waals surface area contributed by atoms with Gasteiger partial charge in [0.05, 0.1) is 11.0 Å². The van der Waals surface area contributed by atoms with E-state index in [0.29, 0.717) is 0 Å². The van der Waals surface area contributed by atoms with Crippen molar-refractivity contribution in [3.05, 3.63) is 48.5 Å². The number of hydrogen-bond donors (Lipinski definition) is 0. The van der Waals surface area contributed by atoms with Gasteiger partial charge in [-0.25, -0.2) is 4.98 Å². The lowest BCUT2D eigenvalue weighted by Crippen LogP contribution is -2.23. The summed E-state index contributed by atoms with van der Waals surface area (Å²) in [4.78, 5) is 7.22. The van der Waals surface area contributed by atoms with Crippen LogP contribution in [0.3, 0.4) is 0 Å². The molecule has 0 amide bonds. The molecule has 1 heterocycles. The van der Waals surface area contributed by atoms with Crippen molar-refractivity contribution < 1.29 is 0 Å². The molecule has 1 aromatic heterocycles. The van der Waals surface area contributed by atoms with Crippen molar-refractivity contribution in [2.24, 2.45) is 0 Å². The first-order chi connectivity index (χ1) is 9.83. The minimum atomic E-state index is 1.03. The van der Waals surface area contributed by atoms with Gasteiger partial charge in [0.25, 0.3) is 0 Å². The monoisotopic (exact) mass is 264 g/mol. The summed E-state index contributed by atoms with van der Waals surface area (Å²) in [6, 6.07) is 17.0. The highest BCUT2D eigenvalue weighted by atomic mass is 15.1. The van der Waals surface area contributed by atoms with Crippen LogP contribution in [0, 0.1) is 0 Å². The van der Waals surface area contributed by atoms with Crippen LogP contribution < -0.4 is 4.90 Å². The van der Waals surface area contributed by atoms with Gasteiger partial charge in [-0.2, -0.15) is 0 Å². The van der Waals surface area contributed by atoms with Gasteiger partial charge < -0.3 is 4.90 Å². The molecule has 0 spiro atoms. The zero-order valence-electron chi connectivity index (χ0n) is 12.1. The summed E-state index contributed by atoms with van der Waals surface area (Å²) < 4.78 is 0. The Morgan fingerprint density at radius 2 is 1.75 bits per heavy atom. The Kier molecular flexibility index (Phi) is 3.55. The van der Waals surface area contributed by atoms with Crippen LogP contribution in [0.5, 0.6) is 0 Å². The first-order valence-corrected chi connectivity index (χ1v) is 7.37. The summed E-state index contributed by atoms with van der Waals surface area (Å²) in [6.45, 7) is 6.55. The molecular weight excluding hydrogens is 244 g/mol. The molecule has 0 aliphatic carbocycles. The van der Waals surface area contributed by atoms with E-state index >= 15 is 0 Å². The van der Waals surface area contributed by atoms with Crippen LogP contribution in [0.15, 0.2) is 48.5 Å². The third-order valence-corrected chi connectivity index (χ3v) is 3.75. The second kappa shape index (κ2) is 5.49. The maximum absolute atomic E-state index is 4.79. The van der Waals surface area contributed by atoms with E-state index in [9.17, 15) is 0 Å². The van der Waals surface area contributed by atoms with Gasteiger partial charge in [-0.15, -0.1) is 0 Å². The molecule has 2 heteroatoms.